The summed E-state index contributed by atoms with van der Waals surface area (Å²) in [6.45, 7) is 5.06. The molecule has 33 heavy (non-hydrogen) atoms. The third-order valence-corrected chi connectivity index (χ3v) is 5.35. The molecule has 1 N–H and O–H groups in total. The summed E-state index contributed by atoms with van der Waals surface area (Å²) in [5, 5.41) is 14.8. The van der Waals surface area contributed by atoms with E-state index < -0.39 is 6.10 Å². The highest BCUT2D eigenvalue weighted by atomic mass is 19.1. The largest absolute Gasteiger partial charge is 0.389 e. The van der Waals surface area contributed by atoms with Crippen molar-refractivity contribution in [2.45, 2.75) is 19.1 Å². The van der Waals surface area contributed by atoms with Crippen LogP contribution in [-0.2, 0) is 20.8 Å². The van der Waals surface area contributed by atoms with Crippen LogP contribution < -0.4 is 4.90 Å². The van der Waals surface area contributed by atoms with Crippen LogP contribution in [0.4, 0.5) is 10.3 Å². The first-order valence-corrected chi connectivity index (χ1v) is 11.1. The smallest absolute Gasteiger partial charge is 0.232 e. The first kappa shape index (κ1) is 25.1. The van der Waals surface area contributed by atoms with Crippen molar-refractivity contribution < 1.29 is 28.2 Å². The number of hydrogen-bond donors (Lipinski definition) is 1. The van der Waals surface area contributed by atoms with Crippen molar-refractivity contribution in [3.05, 3.63) is 35.6 Å². The lowest BCUT2D eigenvalue weighted by molar-refractivity contribution is 0.0244. The Morgan fingerprint density at radius 3 is 2.76 bits per heavy atom. The van der Waals surface area contributed by atoms with Crippen molar-refractivity contribution in [2.24, 2.45) is 0 Å². The minimum absolute atomic E-state index is 0.149. The lowest BCUT2D eigenvalue weighted by Gasteiger charge is -2.29. The van der Waals surface area contributed by atoms with Crippen LogP contribution in [-0.4, -0.2) is 87.6 Å². The molecule has 1 fully saturated rings. The van der Waals surface area contributed by atoms with Gasteiger partial charge in [0.25, 0.3) is 0 Å². The van der Waals surface area contributed by atoms with Gasteiger partial charge in [-0.3, -0.25) is 4.90 Å². The summed E-state index contributed by atoms with van der Waals surface area (Å²) in [6, 6.07) is 6.20. The van der Waals surface area contributed by atoms with E-state index in [0.29, 0.717) is 64.1 Å². The average Bonchev–Trinajstić information content (AvgIpc) is 3.24. The van der Waals surface area contributed by atoms with Crippen molar-refractivity contribution in [2.75, 3.05) is 71.2 Å². The molecule has 8 nitrogen and oxygen atoms in total. The van der Waals surface area contributed by atoms with Crippen LogP contribution >= 0.6 is 0 Å². The number of terminal acetylenes is 1. The molecule has 0 saturated carbocycles. The van der Waals surface area contributed by atoms with Crippen LogP contribution in [0.2, 0.25) is 0 Å². The molecule has 0 amide bonds. The molecule has 180 valence electrons. The Hall–Kier alpha value is -2.48. The van der Waals surface area contributed by atoms with Crippen LogP contribution in [0.3, 0.4) is 0 Å². The van der Waals surface area contributed by atoms with Gasteiger partial charge >= 0.3 is 0 Å². The standard InChI is InChI=1S/C24H32FN3O5/c1-3-12-32-18-21(29)16-27(9-4-13-30-2)17-22-23(19-5-7-20(25)8-6-19)26-33-24(22)28-10-14-31-15-11-28/h1,5-8,21,29H,4,9-18H2,2H3/t21-/m1/s1. The summed E-state index contributed by atoms with van der Waals surface area (Å²) in [6.07, 6.45) is 5.30. The van der Waals surface area contributed by atoms with E-state index in [1.54, 1.807) is 19.2 Å². The second kappa shape index (κ2) is 13.3. The molecule has 2 heterocycles. The Bertz CT molecular complexity index is 877. The molecular weight excluding hydrogens is 429 g/mol. The molecule has 1 atom stereocenters. The molecule has 0 unspecified atom stereocenters. The minimum Gasteiger partial charge on any atom is -0.389 e. The van der Waals surface area contributed by atoms with Gasteiger partial charge in [-0.25, -0.2) is 4.39 Å². The molecule has 1 aromatic carbocycles. The van der Waals surface area contributed by atoms with Crippen molar-refractivity contribution in [3.8, 4) is 23.6 Å². The van der Waals surface area contributed by atoms with Crippen LogP contribution in [0.1, 0.15) is 12.0 Å². The van der Waals surface area contributed by atoms with Crippen LogP contribution in [0.25, 0.3) is 11.3 Å². The highest BCUT2D eigenvalue weighted by Gasteiger charge is 2.26. The van der Waals surface area contributed by atoms with E-state index in [1.165, 1.54) is 12.1 Å². The van der Waals surface area contributed by atoms with Gasteiger partial charge in [0.1, 0.15) is 18.1 Å². The zero-order valence-corrected chi connectivity index (χ0v) is 19.0. The number of aromatic nitrogens is 1. The van der Waals surface area contributed by atoms with Gasteiger partial charge in [0.2, 0.25) is 5.88 Å². The zero-order valence-electron chi connectivity index (χ0n) is 19.0. The highest BCUT2D eigenvalue weighted by molar-refractivity contribution is 5.68. The summed E-state index contributed by atoms with van der Waals surface area (Å²) in [5.74, 6) is 2.76. The molecule has 3 rings (SSSR count). The summed E-state index contributed by atoms with van der Waals surface area (Å²) in [5.41, 5.74) is 2.31. The normalized spacial score (nSPS) is 15.1. The fourth-order valence-electron chi connectivity index (χ4n) is 3.79. The molecule has 1 aliphatic rings. The van der Waals surface area contributed by atoms with E-state index in [9.17, 15) is 9.50 Å². The highest BCUT2D eigenvalue weighted by Crippen LogP contribution is 2.33. The van der Waals surface area contributed by atoms with Gasteiger partial charge in [-0.1, -0.05) is 11.1 Å². The van der Waals surface area contributed by atoms with Crippen molar-refractivity contribution >= 4 is 5.88 Å². The Balaban J connectivity index is 1.85. The molecule has 1 aromatic heterocycles. The molecule has 9 heteroatoms. The van der Waals surface area contributed by atoms with Gasteiger partial charge in [0, 0.05) is 52.0 Å². The van der Waals surface area contributed by atoms with Gasteiger partial charge in [0.05, 0.1) is 31.5 Å². The summed E-state index contributed by atoms with van der Waals surface area (Å²) in [7, 11) is 1.66. The average molecular weight is 462 g/mol. The van der Waals surface area contributed by atoms with E-state index in [-0.39, 0.29) is 19.0 Å². The molecule has 0 bridgehead atoms. The number of methoxy groups -OCH3 is 1. The van der Waals surface area contributed by atoms with Crippen LogP contribution in [0.15, 0.2) is 28.8 Å². The minimum atomic E-state index is -0.707. The Labute approximate surface area is 194 Å². The second-order valence-electron chi connectivity index (χ2n) is 7.88. The molecule has 0 spiro atoms. The zero-order chi connectivity index (χ0) is 23.5. The number of benzene rings is 1. The van der Waals surface area contributed by atoms with Crippen LogP contribution in [0, 0.1) is 18.2 Å². The first-order valence-electron chi connectivity index (χ1n) is 11.1. The lowest BCUT2D eigenvalue weighted by Crippen LogP contribution is -2.38. The van der Waals surface area contributed by atoms with Gasteiger partial charge in [0.15, 0.2) is 0 Å². The number of anilines is 1. The Morgan fingerprint density at radius 1 is 1.30 bits per heavy atom. The maximum atomic E-state index is 13.5. The van der Waals surface area contributed by atoms with Crippen LogP contribution in [0.5, 0.6) is 0 Å². The SMILES string of the molecule is C#CCOC[C@H](O)CN(CCCOC)Cc1c(-c2ccc(F)cc2)noc1N1CCOCC1. The van der Waals surface area contributed by atoms with E-state index in [0.717, 1.165) is 17.5 Å². The second-order valence-corrected chi connectivity index (χ2v) is 7.88. The molecule has 1 aliphatic heterocycles. The summed E-state index contributed by atoms with van der Waals surface area (Å²) < 4.78 is 35.3. The van der Waals surface area contributed by atoms with Crippen molar-refractivity contribution in [3.63, 3.8) is 0 Å². The van der Waals surface area contributed by atoms with E-state index in [4.69, 9.17) is 25.2 Å². The maximum Gasteiger partial charge on any atom is 0.232 e. The third kappa shape index (κ3) is 7.52. The molecule has 0 aliphatic carbocycles. The van der Waals surface area contributed by atoms with Gasteiger partial charge in [-0.2, -0.15) is 0 Å². The van der Waals surface area contributed by atoms with Gasteiger partial charge in [-0.15, -0.1) is 6.42 Å². The van der Waals surface area contributed by atoms with Crippen molar-refractivity contribution in [1.82, 2.24) is 10.1 Å². The van der Waals surface area contributed by atoms with E-state index in [2.05, 4.69) is 20.9 Å². The summed E-state index contributed by atoms with van der Waals surface area (Å²) in [4.78, 5) is 4.23. The molecule has 0 radical (unpaired) electrons. The monoisotopic (exact) mass is 461 g/mol. The van der Waals surface area contributed by atoms with Gasteiger partial charge < -0.3 is 28.7 Å². The Kier molecular flexibility index (Phi) is 10.1. The number of hydrogen-bond acceptors (Lipinski definition) is 8. The maximum absolute atomic E-state index is 13.5. The number of halogens is 1. The number of nitrogens with zero attached hydrogens (tertiary/aromatic N) is 3. The number of ether oxygens (including phenoxy) is 3. The van der Waals surface area contributed by atoms with Gasteiger partial charge in [-0.05, 0) is 30.7 Å². The summed E-state index contributed by atoms with van der Waals surface area (Å²) >= 11 is 0. The fraction of sp³-hybridized carbons (Fsp3) is 0.542. The number of aliphatic hydroxyl groups excluding tert-OH is 1. The molecule has 1 saturated heterocycles. The molecule has 2 aromatic rings. The number of aliphatic hydroxyl groups is 1. The predicted octanol–water partition coefficient (Wildman–Crippen LogP) is 2.17. The quantitative estimate of drug-likeness (QED) is 0.359. The lowest BCUT2D eigenvalue weighted by atomic mass is 10.1. The topological polar surface area (TPSA) is 80.4 Å². The first-order chi connectivity index (χ1) is 16.1. The third-order valence-electron chi connectivity index (χ3n) is 5.35. The number of rotatable bonds is 13. The van der Waals surface area contributed by atoms with E-state index >= 15 is 0 Å². The van der Waals surface area contributed by atoms with Crippen molar-refractivity contribution in [1.29, 1.82) is 0 Å². The fourth-order valence-corrected chi connectivity index (χ4v) is 3.79. The Morgan fingerprint density at radius 2 is 2.06 bits per heavy atom. The predicted molar refractivity (Wildman–Crippen MR) is 122 cm³/mol. The molecular formula is C24H32FN3O5. The van der Waals surface area contributed by atoms with E-state index in [1.807, 2.05) is 0 Å². The number of morpholine rings is 1.